The van der Waals surface area contributed by atoms with Crippen LogP contribution in [0.3, 0.4) is 0 Å². The minimum absolute atomic E-state index is 0.291. The number of nitrogens with two attached hydrogens (primary N) is 1. The van der Waals surface area contributed by atoms with Gasteiger partial charge in [-0.1, -0.05) is 48.5 Å². The van der Waals surface area contributed by atoms with Crippen molar-refractivity contribution in [2.45, 2.75) is 19.0 Å². The van der Waals surface area contributed by atoms with Gasteiger partial charge >= 0.3 is 0 Å². The van der Waals surface area contributed by atoms with Crippen molar-refractivity contribution >= 4 is 5.96 Å². The highest BCUT2D eigenvalue weighted by atomic mass is 15.3. The maximum Gasteiger partial charge on any atom is 0.192 e. The molecule has 2 N–H and O–H groups in total. The van der Waals surface area contributed by atoms with Gasteiger partial charge in [-0.15, -0.1) is 0 Å². The summed E-state index contributed by atoms with van der Waals surface area (Å²) < 4.78 is 0. The van der Waals surface area contributed by atoms with Gasteiger partial charge in [-0.05, 0) is 28.7 Å². The number of benzene rings is 2. The van der Waals surface area contributed by atoms with Gasteiger partial charge < -0.3 is 10.6 Å². The molecule has 3 heteroatoms. The molecule has 2 aromatic carbocycles. The van der Waals surface area contributed by atoms with Gasteiger partial charge in [0.05, 0.1) is 12.6 Å². The molecule has 0 aromatic heterocycles. The standard InChI is InChI=1S/C17H17N3/c18-17-19-10-16-15-8-4-3-6-13(15)9-12-5-1-2-7-14(12)11-20(16)17/h1-8,16H,9-11H2,(H2,18,19). The van der Waals surface area contributed by atoms with Crippen LogP contribution in [0.15, 0.2) is 53.5 Å². The van der Waals surface area contributed by atoms with Gasteiger partial charge in [0.1, 0.15) is 0 Å². The largest absolute Gasteiger partial charge is 0.370 e. The summed E-state index contributed by atoms with van der Waals surface area (Å²) in [6.45, 7) is 1.62. The maximum atomic E-state index is 6.10. The zero-order chi connectivity index (χ0) is 13.5. The van der Waals surface area contributed by atoms with Crippen LogP contribution in [-0.4, -0.2) is 17.4 Å². The minimum atomic E-state index is 0.291. The number of fused-ring (bicyclic) bond motifs is 4. The molecule has 1 atom stereocenters. The van der Waals surface area contributed by atoms with Crippen molar-refractivity contribution in [2.75, 3.05) is 6.54 Å². The quantitative estimate of drug-likeness (QED) is 0.793. The zero-order valence-corrected chi connectivity index (χ0v) is 11.3. The average molecular weight is 263 g/mol. The molecule has 20 heavy (non-hydrogen) atoms. The fraction of sp³-hybridized carbons (Fsp3) is 0.235. The summed E-state index contributed by atoms with van der Waals surface area (Å²) in [7, 11) is 0. The van der Waals surface area contributed by atoms with E-state index in [0.29, 0.717) is 12.0 Å². The van der Waals surface area contributed by atoms with Crippen LogP contribution in [0.5, 0.6) is 0 Å². The summed E-state index contributed by atoms with van der Waals surface area (Å²) in [6, 6.07) is 17.6. The van der Waals surface area contributed by atoms with Crippen LogP contribution in [-0.2, 0) is 13.0 Å². The van der Waals surface area contributed by atoms with E-state index in [9.17, 15) is 0 Å². The second-order valence-electron chi connectivity index (χ2n) is 5.49. The van der Waals surface area contributed by atoms with Crippen LogP contribution < -0.4 is 5.73 Å². The lowest BCUT2D eigenvalue weighted by molar-refractivity contribution is 0.335. The van der Waals surface area contributed by atoms with Crippen LogP contribution in [0.2, 0.25) is 0 Å². The Bertz CT molecular complexity index is 690. The number of aliphatic imine (C=N–C) groups is 1. The van der Waals surface area contributed by atoms with E-state index in [0.717, 1.165) is 19.5 Å². The fourth-order valence-electron chi connectivity index (χ4n) is 3.28. The first-order chi connectivity index (χ1) is 9.83. The van der Waals surface area contributed by atoms with Gasteiger partial charge in [-0.25, -0.2) is 0 Å². The Kier molecular flexibility index (Phi) is 2.52. The average Bonchev–Trinajstić information content (AvgIpc) is 2.80. The van der Waals surface area contributed by atoms with E-state index < -0.39 is 0 Å². The lowest BCUT2D eigenvalue weighted by Crippen LogP contribution is -2.37. The monoisotopic (exact) mass is 263 g/mol. The molecule has 2 aliphatic rings. The molecular formula is C17H17N3. The Hall–Kier alpha value is -2.29. The van der Waals surface area contributed by atoms with Gasteiger partial charge in [0.25, 0.3) is 0 Å². The minimum Gasteiger partial charge on any atom is -0.370 e. The molecule has 100 valence electrons. The molecule has 3 nitrogen and oxygen atoms in total. The highest BCUT2D eigenvalue weighted by molar-refractivity contribution is 5.80. The summed E-state index contributed by atoms with van der Waals surface area (Å²) in [5.41, 5.74) is 11.6. The molecule has 2 aromatic rings. The van der Waals surface area contributed by atoms with Gasteiger partial charge in [0.15, 0.2) is 5.96 Å². The smallest absolute Gasteiger partial charge is 0.192 e. The van der Waals surface area contributed by atoms with Crippen LogP contribution >= 0.6 is 0 Å². The number of guanidine groups is 1. The lowest BCUT2D eigenvalue weighted by Gasteiger charge is -2.31. The van der Waals surface area contributed by atoms with Crippen molar-refractivity contribution in [3.63, 3.8) is 0 Å². The van der Waals surface area contributed by atoms with Gasteiger partial charge in [0.2, 0.25) is 0 Å². The van der Waals surface area contributed by atoms with Crippen molar-refractivity contribution in [1.82, 2.24) is 4.90 Å². The van der Waals surface area contributed by atoms with E-state index in [-0.39, 0.29) is 0 Å². The van der Waals surface area contributed by atoms with Gasteiger partial charge in [-0.2, -0.15) is 0 Å². The van der Waals surface area contributed by atoms with Crippen molar-refractivity contribution in [2.24, 2.45) is 10.7 Å². The second-order valence-corrected chi connectivity index (χ2v) is 5.49. The van der Waals surface area contributed by atoms with E-state index in [1.807, 2.05) is 0 Å². The van der Waals surface area contributed by atoms with Crippen molar-refractivity contribution < 1.29 is 0 Å². The molecule has 2 aliphatic heterocycles. The molecule has 0 saturated carbocycles. The van der Waals surface area contributed by atoms with Crippen LogP contribution in [0.1, 0.15) is 28.3 Å². The fourth-order valence-corrected chi connectivity index (χ4v) is 3.28. The summed E-state index contributed by atoms with van der Waals surface area (Å²) in [5, 5.41) is 0. The van der Waals surface area contributed by atoms with Gasteiger partial charge in [0, 0.05) is 6.54 Å². The number of hydrogen-bond acceptors (Lipinski definition) is 3. The Morgan fingerprint density at radius 2 is 1.65 bits per heavy atom. The highest BCUT2D eigenvalue weighted by Gasteiger charge is 2.31. The van der Waals surface area contributed by atoms with Crippen LogP contribution in [0.25, 0.3) is 0 Å². The highest BCUT2D eigenvalue weighted by Crippen LogP contribution is 2.33. The second kappa shape index (κ2) is 4.37. The molecule has 4 rings (SSSR count). The van der Waals surface area contributed by atoms with Crippen molar-refractivity contribution in [3.8, 4) is 0 Å². The van der Waals surface area contributed by atoms with E-state index >= 15 is 0 Å². The number of rotatable bonds is 0. The molecule has 2 heterocycles. The predicted molar refractivity (Wildman–Crippen MR) is 80.5 cm³/mol. The molecule has 0 bridgehead atoms. The molecule has 0 fully saturated rings. The van der Waals surface area contributed by atoms with E-state index in [1.54, 1.807) is 0 Å². The zero-order valence-electron chi connectivity index (χ0n) is 11.3. The summed E-state index contributed by atoms with van der Waals surface area (Å²) in [5.74, 6) is 0.668. The Balaban J connectivity index is 1.90. The van der Waals surface area contributed by atoms with E-state index in [2.05, 4.69) is 58.4 Å². The lowest BCUT2D eigenvalue weighted by atomic mass is 9.90. The molecule has 0 aliphatic carbocycles. The molecule has 0 saturated heterocycles. The molecule has 0 spiro atoms. The first kappa shape index (κ1) is 11.5. The van der Waals surface area contributed by atoms with Crippen LogP contribution in [0, 0.1) is 0 Å². The summed E-state index contributed by atoms with van der Waals surface area (Å²) >= 11 is 0. The molecular weight excluding hydrogens is 246 g/mol. The Morgan fingerprint density at radius 1 is 0.950 bits per heavy atom. The molecule has 0 radical (unpaired) electrons. The summed E-state index contributed by atoms with van der Waals surface area (Å²) in [6.07, 6.45) is 0.997. The SMILES string of the molecule is NC1=NCC2c3ccccc3Cc3ccccc3CN12. The normalized spacial score (nSPS) is 20.3. The van der Waals surface area contributed by atoms with Crippen molar-refractivity contribution in [1.29, 1.82) is 0 Å². The van der Waals surface area contributed by atoms with E-state index in [4.69, 9.17) is 5.73 Å². The van der Waals surface area contributed by atoms with Crippen LogP contribution in [0.4, 0.5) is 0 Å². The third-order valence-electron chi connectivity index (χ3n) is 4.35. The summed E-state index contributed by atoms with van der Waals surface area (Å²) in [4.78, 5) is 6.69. The first-order valence-corrected chi connectivity index (χ1v) is 7.04. The third-order valence-corrected chi connectivity index (χ3v) is 4.35. The number of hydrogen-bond donors (Lipinski definition) is 1. The predicted octanol–water partition coefficient (Wildman–Crippen LogP) is 2.46. The Labute approximate surface area is 118 Å². The van der Waals surface area contributed by atoms with Gasteiger partial charge in [-0.3, -0.25) is 4.99 Å². The first-order valence-electron chi connectivity index (χ1n) is 7.04. The van der Waals surface area contributed by atoms with Crippen molar-refractivity contribution in [3.05, 3.63) is 70.8 Å². The third kappa shape index (κ3) is 1.70. The van der Waals surface area contributed by atoms with E-state index in [1.165, 1.54) is 22.3 Å². The molecule has 1 unspecified atom stereocenters. The Morgan fingerprint density at radius 3 is 2.50 bits per heavy atom. The molecule has 0 amide bonds. The number of nitrogens with zero attached hydrogens (tertiary/aromatic N) is 2. The topological polar surface area (TPSA) is 41.6 Å². The maximum absolute atomic E-state index is 6.10.